The number of carboxylic acids is 1. The van der Waals surface area contributed by atoms with Gasteiger partial charge in [0.15, 0.2) is 0 Å². The SMILES string of the molecule is COc1cccc([C@@H](C)NC(C)c2cc(-c3ccc(C)c(CCC(=O)O)c3)c3c(c2)C2CCC3CC2)c1. The normalized spacial score (nSPS) is 19.8. The van der Waals surface area contributed by atoms with Gasteiger partial charge in [0.25, 0.3) is 0 Å². The number of nitrogens with one attached hydrogen (secondary N) is 1. The van der Waals surface area contributed by atoms with E-state index in [4.69, 9.17) is 4.74 Å². The van der Waals surface area contributed by atoms with Crippen molar-refractivity contribution in [2.75, 3.05) is 7.11 Å². The summed E-state index contributed by atoms with van der Waals surface area (Å²) in [5.74, 6) is 1.42. The number of carboxylic acid groups (broad SMARTS) is 1. The molecule has 2 N–H and O–H groups in total. The molecule has 0 aliphatic heterocycles. The van der Waals surface area contributed by atoms with Crippen LogP contribution in [0.2, 0.25) is 0 Å². The zero-order chi connectivity index (χ0) is 26.1. The molecule has 3 aromatic carbocycles. The van der Waals surface area contributed by atoms with Gasteiger partial charge in [-0.25, -0.2) is 0 Å². The van der Waals surface area contributed by atoms with Crippen LogP contribution in [-0.4, -0.2) is 18.2 Å². The number of hydrogen-bond acceptors (Lipinski definition) is 3. The van der Waals surface area contributed by atoms with Crippen molar-refractivity contribution >= 4 is 5.97 Å². The van der Waals surface area contributed by atoms with E-state index >= 15 is 0 Å². The van der Waals surface area contributed by atoms with Gasteiger partial charge in [0, 0.05) is 18.5 Å². The molecular weight excluding hydrogens is 458 g/mol. The van der Waals surface area contributed by atoms with E-state index in [2.05, 4.69) is 68.6 Å². The van der Waals surface area contributed by atoms with Gasteiger partial charge in [-0.1, -0.05) is 36.4 Å². The Morgan fingerprint density at radius 3 is 2.43 bits per heavy atom. The van der Waals surface area contributed by atoms with Gasteiger partial charge in [-0.3, -0.25) is 4.79 Å². The molecule has 6 rings (SSSR count). The summed E-state index contributed by atoms with van der Waals surface area (Å²) in [5, 5.41) is 13.1. The highest BCUT2D eigenvalue weighted by Gasteiger charge is 2.35. The van der Waals surface area contributed by atoms with E-state index in [1.807, 2.05) is 12.1 Å². The number of methoxy groups -OCH3 is 1. The van der Waals surface area contributed by atoms with E-state index in [9.17, 15) is 9.90 Å². The van der Waals surface area contributed by atoms with Crippen molar-refractivity contribution < 1.29 is 14.6 Å². The van der Waals surface area contributed by atoms with Gasteiger partial charge in [-0.05, 0) is 127 Å². The molecule has 37 heavy (non-hydrogen) atoms. The van der Waals surface area contributed by atoms with E-state index in [-0.39, 0.29) is 18.5 Å². The van der Waals surface area contributed by atoms with E-state index in [1.165, 1.54) is 53.5 Å². The van der Waals surface area contributed by atoms with Crippen LogP contribution < -0.4 is 10.1 Å². The van der Waals surface area contributed by atoms with Crippen LogP contribution >= 0.6 is 0 Å². The van der Waals surface area contributed by atoms with Crippen LogP contribution in [0.3, 0.4) is 0 Å². The van der Waals surface area contributed by atoms with Gasteiger partial charge >= 0.3 is 5.97 Å². The second-order valence-electron chi connectivity index (χ2n) is 11.0. The molecule has 0 spiro atoms. The molecule has 0 saturated heterocycles. The maximum Gasteiger partial charge on any atom is 0.303 e. The topological polar surface area (TPSA) is 58.6 Å². The molecule has 2 atom stereocenters. The van der Waals surface area contributed by atoms with Crippen molar-refractivity contribution in [3.05, 3.63) is 88.0 Å². The average Bonchev–Trinajstić information content (AvgIpc) is 2.92. The molecular formula is C33H39NO3. The molecule has 1 fully saturated rings. The lowest BCUT2D eigenvalue weighted by Gasteiger charge is -2.40. The van der Waals surface area contributed by atoms with Gasteiger partial charge in [0.05, 0.1) is 7.11 Å². The van der Waals surface area contributed by atoms with Crippen molar-refractivity contribution in [2.24, 2.45) is 0 Å². The summed E-state index contributed by atoms with van der Waals surface area (Å²) >= 11 is 0. The Bertz CT molecular complexity index is 1290. The van der Waals surface area contributed by atoms with Crippen LogP contribution in [0.25, 0.3) is 11.1 Å². The highest BCUT2D eigenvalue weighted by molar-refractivity contribution is 5.73. The first-order chi connectivity index (χ1) is 17.8. The molecule has 3 aromatic rings. The second kappa shape index (κ2) is 10.7. The van der Waals surface area contributed by atoms with E-state index < -0.39 is 5.97 Å². The monoisotopic (exact) mass is 497 g/mol. The minimum Gasteiger partial charge on any atom is -0.497 e. The first-order valence-corrected chi connectivity index (χ1v) is 13.7. The lowest BCUT2D eigenvalue weighted by Crippen LogP contribution is -2.25. The molecule has 1 saturated carbocycles. The van der Waals surface area contributed by atoms with Crippen molar-refractivity contribution in [3.63, 3.8) is 0 Å². The van der Waals surface area contributed by atoms with Crippen LogP contribution in [0.5, 0.6) is 5.75 Å². The van der Waals surface area contributed by atoms with Gasteiger partial charge in [0.1, 0.15) is 5.75 Å². The third-order valence-corrected chi connectivity index (χ3v) is 8.67. The smallest absolute Gasteiger partial charge is 0.303 e. The summed E-state index contributed by atoms with van der Waals surface area (Å²) in [6.45, 7) is 6.55. The summed E-state index contributed by atoms with van der Waals surface area (Å²) in [7, 11) is 1.71. The van der Waals surface area contributed by atoms with Crippen molar-refractivity contribution in [1.29, 1.82) is 0 Å². The lowest BCUT2D eigenvalue weighted by molar-refractivity contribution is -0.136. The summed E-state index contributed by atoms with van der Waals surface area (Å²) in [6.07, 6.45) is 5.88. The van der Waals surface area contributed by atoms with Crippen molar-refractivity contribution in [2.45, 2.75) is 83.2 Å². The van der Waals surface area contributed by atoms with E-state index in [1.54, 1.807) is 18.2 Å². The molecule has 4 nitrogen and oxygen atoms in total. The maximum absolute atomic E-state index is 11.2. The molecule has 2 bridgehead atoms. The predicted molar refractivity (Wildman–Crippen MR) is 149 cm³/mol. The fourth-order valence-electron chi connectivity index (χ4n) is 6.50. The fraction of sp³-hybridized carbons (Fsp3) is 0.424. The Morgan fingerprint density at radius 2 is 1.70 bits per heavy atom. The lowest BCUT2D eigenvalue weighted by atomic mass is 9.64. The highest BCUT2D eigenvalue weighted by atomic mass is 16.5. The van der Waals surface area contributed by atoms with Crippen molar-refractivity contribution in [3.8, 4) is 16.9 Å². The first-order valence-electron chi connectivity index (χ1n) is 13.7. The Morgan fingerprint density at radius 1 is 0.973 bits per heavy atom. The number of ether oxygens (including phenoxy) is 1. The molecule has 4 heteroatoms. The molecule has 3 aliphatic carbocycles. The molecule has 0 radical (unpaired) electrons. The Labute approximate surface area is 221 Å². The summed E-state index contributed by atoms with van der Waals surface area (Å²) in [6, 6.07) is 20.2. The van der Waals surface area contributed by atoms with E-state index in [0.717, 1.165) is 11.3 Å². The molecule has 3 aliphatic rings. The minimum atomic E-state index is -0.744. The molecule has 0 aromatic heterocycles. The molecule has 1 unspecified atom stereocenters. The highest BCUT2D eigenvalue weighted by Crippen LogP contribution is 2.53. The zero-order valence-corrected chi connectivity index (χ0v) is 22.5. The standard InChI is InChI=1S/C33H39NO3/c1-20-8-9-27(16-25(20)14-15-32(35)36)31-19-28(18-30-23-10-12-24(13-11-23)33(30)31)22(3)34-21(2)26-6-5-7-29(17-26)37-4/h5-9,16-19,21-24,34H,10-15H2,1-4H3,(H,35,36)/t21-,22?,23?,24?/m1/s1. The Kier molecular flexibility index (Phi) is 7.39. The van der Waals surface area contributed by atoms with Crippen LogP contribution in [0, 0.1) is 6.92 Å². The fourth-order valence-corrected chi connectivity index (χ4v) is 6.50. The van der Waals surface area contributed by atoms with Crippen LogP contribution in [-0.2, 0) is 11.2 Å². The zero-order valence-electron chi connectivity index (χ0n) is 22.5. The number of benzene rings is 3. The average molecular weight is 498 g/mol. The number of hydrogen-bond donors (Lipinski definition) is 2. The van der Waals surface area contributed by atoms with Crippen LogP contribution in [0.4, 0.5) is 0 Å². The number of aliphatic carboxylic acids is 1. The number of rotatable bonds is 9. The van der Waals surface area contributed by atoms with Gasteiger partial charge in [0.2, 0.25) is 0 Å². The second-order valence-corrected chi connectivity index (χ2v) is 11.0. The molecule has 0 heterocycles. The molecule has 0 amide bonds. The third kappa shape index (κ3) is 5.31. The first kappa shape index (κ1) is 25.5. The van der Waals surface area contributed by atoms with Gasteiger partial charge < -0.3 is 15.2 Å². The third-order valence-electron chi connectivity index (χ3n) is 8.67. The van der Waals surface area contributed by atoms with Crippen LogP contribution in [0.15, 0.2) is 54.6 Å². The number of fused-ring (bicyclic) bond motifs is 2. The van der Waals surface area contributed by atoms with E-state index in [0.29, 0.717) is 18.3 Å². The quantitative estimate of drug-likeness (QED) is 0.316. The van der Waals surface area contributed by atoms with Gasteiger partial charge in [-0.2, -0.15) is 0 Å². The van der Waals surface area contributed by atoms with Crippen LogP contribution in [0.1, 0.15) is 103 Å². The maximum atomic E-state index is 11.2. The summed E-state index contributed by atoms with van der Waals surface area (Å²) in [4.78, 5) is 11.2. The number of carbonyl (C=O) groups is 1. The molecule has 194 valence electrons. The minimum absolute atomic E-state index is 0.163. The largest absolute Gasteiger partial charge is 0.497 e. The Balaban J connectivity index is 1.52. The number of aryl methyl sites for hydroxylation is 2. The van der Waals surface area contributed by atoms with Crippen molar-refractivity contribution in [1.82, 2.24) is 5.32 Å². The Hall–Kier alpha value is -3.11. The predicted octanol–water partition coefficient (Wildman–Crippen LogP) is 7.85. The summed E-state index contributed by atoms with van der Waals surface area (Å²) in [5.41, 5.74) is 10.5. The summed E-state index contributed by atoms with van der Waals surface area (Å²) < 4.78 is 5.44. The van der Waals surface area contributed by atoms with Gasteiger partial charge in [-0.15, -0.1) is 0 Å².